The lowest BCUT2D eigenvalue weighted by Gasteiger charge is -2.19. The summed E-state index contributed by atoms with van der Waals surface area (Å²) < 4.78 is 12.2. The van der Waals surface area contributed by atoms with Gasteiger partial charge in [0, 0.05) is 7.11 Å². The number of benzene rings is 2. The summed E-state index contributed by atoms with van der Waals surface area (Å²) in [6.45, 7) is 2.81. The van der Waals surface area contributed by atoms with Crippen LogP contribution in [-0.2, 0) is 27.4 Å². The zero-order chi connectivity index (χ0) is 20.6. The van der Waals surface area contributed by atoms with Crippen molar-refractivity contribution in [3.63, 3.8) is 0 Å². The Morgan fingerprint density at radius 2 is 1.86 bits per heavy atom. The quantitative estimate of drug-likeness (QED) is 0.602. The molecule has 1 N–H and O–H groups in total. The molecule has 2 aromatic carbocycles. The molecule has 1 heterocycles. The Hall–Kier alpha value is -3.03. The Morgan fingerprint density at radius 1 is 1.14 bits per heavy atom. The molecule has 0 aliphatic heterocycles. The van der Waals surface area contributed by atoms with Crippen LogP contribution in [-0.4, -0.2) is 35.8 Å². The van der Waals surface area contributed by atoms with Gasteiger partial charge in [-0.2, -0.15) is 0 Å². The van der Waals surface area contributed by atoms with Crippen LogP contribution in [0.5, 0.6) is 0 Å². The predicted octanol–water partition coefficient (Wildman–Crippen LogP) is 2.44. The molecule has 0 saturated heterocycles. The smallest absolute Gasteiger partial charge is 0.261 e. The monoisotopic (exact) mass is 395 g/mol. The number of nitrogens with zero attached hydrogens (tertiary/aromatic N) is 2. The molecule has 3 aromatic rings. The molecular formula is C22H25N3O4. The number of nitrogens with one attached hydrogen (secondary N) is 1. The van der Waals surface area contributed by atoms with Gasteiger partial charge in [0.1, 0.15) is 12.4 Å². The fourth-order valence-corrected chi connectivity index (χ4v) is 3.10. The number of ether oxygens (including phenoxy) is 2. The van der Waals surface area contributed by atoms with Crippen LogP contribution in [0.25, 0.3) is 10.9 Å². The van der Waals surface area contributed by atoms with Crippen molar-refractivity contribution < 1.29 is 14.3 Å². The summed E-state index contributed by atoms with van der Waals surface area (Å²) in [5.41, 5.74) is 1.45. The number of carbonyl (C=O) groups excluding carboxylic acids is 1. The first kappa shape index (κ1) is 20.7. The van der Waals surface area contributed by atoms with Gasteiger partial charge in [-0.25, -0.2) is 4.98 Å². The highest BCUT2D eigenvalue weighted by Crippen LogP contribution is 2.14. The number of fused-ring (bicyclic) bond motifs is 1. The van der Waals surface area contributed by atoms with Crippen LogP contribution >= 0.6 is 0 Å². The van der Waals surface area contributed by atoms with E-state index in [1.165, 1.54) is 0 Å². The van der Waals surface area contributed by atoms with E-state index in [0.717, 1.165) is 5.56 Å². The van der Waals surface area contributed by atoms with E-state index in [4.69, 9.17) is 9.47 Å². The molecule has 7 nitrogen and oxygen atoms in total. The van der Waals surface area contributed by atoms with E-state index in [1.54, 1.807) is 36.8 Å². The minimum Gasteiger partial charge on any atom is -0.383 e. The topological polar surface area (TPSA) is 82.4 Å². The van der Waals surface area contributed by atoms with E-state index in [9.17, 15) is 9.59 Å². The lowest BCUT2D eigenvalue weighted by atomic mass is 10.2. The molecular weight excluding hydrogens is 370 g/mol. The van der Waals surface area contributed by atoms with Crippen molar-refractivity contribution in [2.24, 2.45) is 0 Å². The molecule has 29 heavy (non-hydrogen) atoms. The van der Waals surface area contributed by atoms with Gasteiger partial charge >= 0.3 is 0 Å². The first-order valence-electron chi connectivity index (χ1n) is 9.49. The number of rotatable bonds is 9. The van der Waals surface area contributed by atoms with Gasteiger partial charge in [-0.3, -0.25) is 14.2 Å². The standard InChI is InChI=1S/C22H25N3O4/c1-16(23-20(26)15-29-14-17-8-4-3-5-9-17)21-24-19-11-7-6-10-18(19)22(27)25(21)12-13-28-2/h3-11,16H,12-15H2,1-2H3,(H,23,26). The summed E-state index contributed by atoms with van der Waals surface area (Å²) in [6.07, 6.45) is 0. The largest absolute Gasteiger partial charge is 0.383 e. The second-order valence-electron chi connectivity index (χ2n) is 6.70. The first-order valence-corrected chi connectivity index (χ1v) is 9.49. The molecule has 1 unspecified atom stereocenters. The predicted molar refractivity (Wildman–Crippen MR) is 111 cm³/mol. The summed E-state index contributed by atoms with van der Waals surface area (Å²) in [7, 11) is 1.58. The van der Waals surface area contributed by atoms with Gasteiger partial charge in [0.05, 0.1) is 36.7 Å². The van der Waals surface area contributed by atoms with Gasteiger partial charge in [-0.05, 0) is 24.6 Å². The summed E-state index contributed by atoms with van der Waals surface area (Å²) in [6, 6.07) is 16.4. The average molecular weight is 395 g/mol. The van der Waals surface area contributed by atoms with Gasteiger partial charge in [0.25, 0.3) is 5.56 Å². The van der Waals surface area contributed by atoms with Gasteiger partial charge < -0.3 is 14.8 Å². The zero-order valence-corrected chi connectivity index (χ0v) is 16.6. The van der Waals surface area contributed by atoms with E-state index in [0.29, 0.717) is 36.5 Å². The van der Waals surface area contributed by atoms with Crippen molar-refractivity contribution in [1.82, 2.24) is 14.9 Å². The maximum Gasteiger partial charge on any atom is 0.261 e. The second kappa shape index (κ2) is 9.95. The fourth-order valence-electron chi connectivity index (χ4n) is 3.10. The average Bonchev–Trinajstić information content (AvgIpc) is 2.73. The van der Waals surface area contributed by atoms with Crippen LogP contribution in [0.15, 0.2) is 59.4 Å². The summed E-state index contributed by atoms with van der Waals surface area (Å²) in [5.74, 6) is 0.219. The zero-order valence-electron chi connectivity index (χ0n) is 16.6. The molecule has 152 valence electrons. The number of hydrogen-bond acceptors (Lipinski definition) is 5. The molecule has 0 saturated carbocycles. The first-order chi connectivity index (χ1) is 14.1. The molecule has 0 aliphatic rings. The Labute approximate surface area is 169 Å². The van der Waals surface area contributed by atoms with Gasteiger partial charge in [-0.15, -0.1) is 0 Å². The second-order valence-corrected chi connectivity index (χ2v) is 6.70. The van der Waals surface area contributed by atoms with Crippen LogP contribution in [0.1, 0.15) is 24.4 Å². The maximum atomic E-state index is 12.9. The summed E-state index contributed by atoms with van der Waals surface area (Å²) in [5, 5.41) is 3.40. The van der Waals surface area contributed by atoms with Crippen molar-refractivity contribution in [3.05, 3.63) is 76.3 Å². The molecule has 0 aliphatic carbocycles. The van der Waals surface area contributed by atoms with Crippen LogP contribution in [0.2, 0.25) is 0 Å². The van der Waals surface area contributed by atoms with Crippen LogP contribution in [0.4, 0.5) is 0 Å². The molecule has 0 bridgehead atoms. The molecule has 0 spiro atoms. The number of amides is 1. The number of hydrogen-bond donors (Lipinski definition) is 1. The van der Waals surface area contributed by atoms with Crippen molar-refractivity contribution in [1.29, 1.82) is 0 Å². The highest BCUT2D eigenvalue weighted by molar-refractivity contribution is 5.78. The van der Waals surface area contributed by atoms with Gasteiger partial charge in [-0.1, -0.05) is 42.5 Å². The lowest BCUT2D eigenvalue weighted by molar-refractivity contribution is -0.126. The maximum absolute atomic E-state index is 12.9. The Bertz CT molecular complexity index is 1020. The molecule has 1 aromatic heterocycles. The lowest BCUT2D eigenvalue weighted by Crippen LogP contribution is -2.36. The van der Waals surface area contributed by atoms with Crippen molar-refractivity contribution in [2.45, 2.75) is 26.1 Å². The minimum atomic E-state index is -0.461. The Kier molecular flexibility index (Phi) is 7.10. The third-order valence-electron chi connectivity index (χ3n) is 4.52. The van der Waals surface area contributed by atoms with Crippen LogP contribution < -0.4 is 10.9 Å². The highest BCUT2D eigenvalue weighted by Gasteiger charge is 2.18. The number of para-hydroxylation sites is 1. The van der Waals surface area contributed by atoms with E-state index >= 15 is 0 Å². The highest BCUT2D eigenvalue weighted by atomic mass is 16.5. The molecule has 3 rings (SSSR count). The Balaban J connectivity index is 1.72. The van der Waals surface area contributed by atoms with Crippen molar-refractivity contribution >= 4 is 16.8 Å². The summed E-state index contributed by atoms with van der Waals surface area (Å²) >= 11 is 0. The minimum absolute atomic E-state index is 0.0743. The number of methoxy groups -OCH3 is 1. The third kappa shape index (κ3) is 5.28. The van der Waals surface area contributed by atoms with Gasteiger partial charge in [0.2, 0.25) is 5.91 Å². The number of aromatic nitrogens is 2. The SMILES string of the molecule is COCCn1c(C(C)NC(=O)COCc2ccccc2)nc2ccccc2c1=O. The van der Waals surface area contributed by atoms with Gasteiger partial charge in [0.15, 0.2) is 0 Å². The van der Waals surface area contributed by atoms with E-state index in [1.807, 2.05) is 36.4 Å². The van der Waals surface area contributed by atoms with Crippen LogP contribution in [0.3, 0.4) is 0 Å². The van der Waals surface area contributed by atoms with Crippen molar-refractivity contribution in [3.8, 4) is 0 Å². The molecule has 1 atom stereocenters. The Morgan fingerprint density at radius 3 is 2.62 bits per heavy atom. The molecule has 0 fully saturated rings. The van der Waals surface area contributed by atoms with E-state index in [-0.39, 0.29) is 18.1 Å². The van der Waals surface area contributed by atoms with Crippen molar-refractivity contribution in [2.75, 3.05) is 20.3 Å². The molecule has 1 amide bonds. The summed E-state index contributed by atoms with van der Waals surface area (Å²) in [4.78, 5) is 29.8. The van der Waals surface area contributed by atoms with Crippen LogP contribution in [0, 0.1) is 0 Å². The van der Waals surface area contributed by atoms with E-state index in [2.05, 4.69) is 10.3 Å². The number of carbonyl (C=O) groups is 1. The van der Waals surface area contributed by atoms with E-state index < -0.39 is 6.04 Å². The third-order valence-corrected chi connectivity index (χ3v) is 4.52. The fraction of sp³-hybridized carbons (Fsp3) is 0.318. The molecule has 7 heteroatoms. The normalized spacial score (nSPS) is 12.1. The molecule has 0 radical (unpaired) electrons.